The number of nitrogens with zero attached hydrogens (tertiary/aromatic N) is 2. The molecular formula is C37H37ClF3N3O9S. The quantitative estimate of drug-likeness (QED) is 0.0586. The lowest BCUT2D eigenvalue weighted by Crippen LogP contribution is -2.24. The number of pyridine rings is 1. The standard InChI is InChI=1S/C37H35ClF3N3O5.H2O4S/c1-6-31(45)25-18-21(2)34(29(38)20-25)49-32(46)9-7-8-23-11-17-30(28(19-23)36(48)44(4)5)43-35(47)27-16-10-22(3)42-33(27)24-12-14-26(15-13-24)37(39,40)41;1-5(2,3)4/h10-20H,6-9H2,1-5H3,(H,43,47);(H2,1,2,3,4). The van der Waals surface area contributed by atoms with E-state index in [2.05, 4.69) is 10.3 Å². The second-order valence-electron chi connectivity index (χ2n) is 12.1. The Morgan fingerprint density at radius 2 is 1.56 bits per heavy atom. The second-order valence-corrected chi connectivity index (χ2v) is 13.4. The van der Waals surface area contributed by atoms with Gasteiger partial charge in [0.1, 0.15) is 0 Å². The van der Waals surface area contributed by atoms with Crippen molar-refractivity contribution in [1.82, 2.24) is 9.88 Å². The van der Waals surface area contributed by atoms with Gasteiger partial charge in [0.15, 0.2) is 11.5 Å². The number of aryl methyl sites for hydroxylation is 3. The van der Waals surface area contributed by atoms with Crippen molar-refractivity contribution in [3.05, 3.63) is 111 Å². The van der Waals surface area contributed by atoms with E-state index in [0.29, 0.717) is 41.6 Å². The molecule has 3 aromatic carbocycles. The van der Waals surface area contributed by atoms with Gasteiger partial charge >= 0.3 is 22.5 Å². The first-order valence-electron chi connectivity index (χ1n) is 16.1. The molecule has 1 aromatic heterocycles. The zero-order chi connectivity index (χ0) is 40.5. The van der Waals surface area contributed by atoms with Crippen molar-refractivity contribution in [2.75, 3.05) is 19.4 Å². The molecule has 0 spiro atoms. The minimum Gasteiger partial charge on any atom is -0.425 e. The number of ketones is 1. The number of carbonyl (C=O) groups excluding carboxylic acids is 4. The van der Waals surface area contributed by atoms with Crippen molar-refractivity contribution in [3.63, 3.8) is 0 Å². The largest absolute Gasteiger partial charge is 0.425 e. The van der Waals surface area contributed by atoms with E-state index in [1.165, 1.54) is 29.2 Å². The predicted molar refractivity (Wildman–Crippen MR) is 195 cm³/mol. The molecular weight excluding hydrogens is 755 g/mol. The van der Waals surface area contributed by atoms with E-state index in [0.717, 1.165) is 17.7 Å². The van der Waals surface area contributed by atoms with Gasteiger partial charge in [0.2, 0.25) is 0 Å². The maximum Gasteiger partial charge on any atom is 0.416 e. The van der Waals surface area contributed by atoms with Crippen LogP contribution >= 0.6 is 11.6 Å². The van der Waals surface area contributed by atoms with Crippen LogP contribution in [0.15, 0.2) is 66.7 Å². The highest BCUT2D eigenvalue weighted by atomic mass is 35.5. The van der Waals surface area contributed by atoms with Crippen LogP contribution in [-0.4, -0.2) is 65.1 Å². The molecule has 288 valence electrons. The normalized spacial score (nSPS) is 11.2. The summed E-state index contributed by atoms with van der Waals surface area (Å²) in [5.74, 6) is -1.37. The first-order chi connectivity index (χ1) is 25.1. The molecule has 0 aliphatic rings. The minimum absolute atomic E-state index is 0.0496. The zero-order valence-corrected chi connectivity index (χ0v) is 31.3. The molecule has 3 N–H and O–H groups in total. The average molecular weight is 792 g/mol. The highest BCUT2D eigenvalue weighted by Gasteiger charge is 2.30. The summed E-state index contributed by atoms with van der Waals surface area (Å²) in [7, 11) is -1.53. The molecule has 0 unspecified atom stereocenters. The van der Waals surface area contributed by atoms with Crippen LogP contribution in [0.4, 0.5) is 18.9 Å². The third kappa shape index (κ3) is 12.5. The summed E-state index contributed by atoms with van der Waals surface area (Å²) in [5, 5.41) is 2.94. The SMILES string of the molecule is CCC(=O)c1cc(C)c(OC(=O)CCCc2ccc(NC(=O)c3ccc(C)nc3-c3ccc(C(F)(F)F)cc3)c(C(=O)N(C)C)c2)c(Cl)c1.O=S(=O)(O)O. The number of nitrogens with one attached hydrogen (secondary N) is 1. The second kappa shape index (κ2) is 18.2. The van der Waals surface area contributed by atoms with Gasteiger partial charge in [-0.25, -0.2) is 0 Å². The molecule has 0 atom stereocenters. The maximum atomic E-state index is 13.6. The van der Waals surface area contributed by atoms with Gasteiger partial charge in [0.05, 0.1) is 33.1 Å². The number of hydrogen-bond donors (Lipinski definition) is 3. The molecule has 0 aliphatic heterocycles. The summed E-state index contributed by atoms with van der Waals surface area (Å²) in [6.07, 6.45) is -3.35. The van der Waals surface area contributed by atoms with Crippen LogP contribution in [0.5, 0.6) is 5.75 Å². The van der Waals surface area contributed by atoms with Crippen LogP contribution in [0.2, 0.25) is 5.02 Å². The van der Waals surface area contributed by atoms with Gasteiger partial charge in [-0.05, 0) is 86.3 Å². The Kier molecular flexibility index (Phi) is 14.6. The van der Waals surface area contributed by atoms with Crippen molar-refractivity contribution in [3.8, 4) is 17.0 Å². The third-order valence-electron chi connectivity index (χ3n) is 7.67. The summed E-state index contributed by atoms with van der Waals surface area (Å²) in [4.78, 5) is 57.2. The van der Waals surface area contributed by atoms with E-state index < -0.39 is 34.0 Å². The molecule has 0 aliphatic carbocycles. The van der Waals surface area contributed by atoms with Crippen molar-refractivity contribution < 1.29 is 54.6 Å². The number of aromatic nitrogens is 1. The third-order valence-corrected chi connectivity index (χ3v) is 7.95. The molecule has 0 saturated carbocycles. The topological polar surface area (TPSA) is 180 Å². The molecule has 0 fully saturated rings. The van der Waals surface area contributed by atoms with Crippen molar-refractivity contribution in [2.24, 2.45) is 0 Å². The van der Waals surface area contributed by atoms with E-state index in [4.69, 9.17) is 33.9 Å². The lowest BCUT2D eigenvalue weighted by atomic mass is 10.0. The monoisotopic (exact) mass is 791 g/mol. The Bertz CT molecular complexity index is 2130. The summed E-state index contributed by atoms with van der Waals surface area (Å²) >= 11 is 6.30. The van der Waals surface area contributed by atoms with Gasteiger partial charge in [-0.1, -0.05) is 36.7 Å². The summed E-state index contributed by atoms with van der Waals surface area (Å²) < 4.78 is 76.5. The number of alkyl halides is 3. The molecule has 17 heteroatoms. The van der Waals surface area contributed by atoms with Crippen LogP contribution in [-0.2, 0) is 27.8 Å². The molecule has 0 radical (unpaired) electrons. The number of benzene rings is 3. The fourth-order valence-electron chi connectivity index (χ4n) is 5.07. The molecule has 0 bridgehead atoms. The Balaban J connectivity index is 0.00000147. The van der Waals surface area contributed by atoms with E-state index in [-0.39, 0.29) is 51.4 Å². The van der Waals surface area contributed by atoms with Crippen LogP contribution in [0, 0.1) is 13.8 Å². The van der Waals surface area contributed by atoms with Gasteiger partial charge in [-0.2, -0.15) is 21.6 Å². The lowest BCUT2D eigenvalue weighted by molar-refractivity contribution is -0.137. The number of ether oxygens (including phenoxy) is 1. The predicted octanol–water partition coefficient (Wildman–Crippen LogP) is 7.86. The number of anilines is 1. The van der Waals surface area contributed by atoms with Crippen molar-refractivity contribution >= 4 is 51.3 Å². The average Bonchev–Trinajstić information content (AvgIpc) is 3.08. The summed E-state index contributed by atoms with van der Waals surface area (Å²) in [5.41, 5.74) is 2.53. The molecule has 1 heterocycles. The Morgan fingerprint density at radius 3 is 2.11 bits per heavy atom. The maximum absolute atomic E-state index is 13.6. The first-order valence-corrected chi connectivity index (χ1v) is 17.9. The van der Waals surface area contributed by atoms with Gasteiger partial charge in [-0.3, -0.25) is 33.3 Å². The number of Topliss-reactive ketones (excluding diaryl/α,β-unsaturated/α-hetero) is 1. The van der Waals surface area contributed by atoms with Crippen LogP contribution in [0.1, 0.15) is 79.6 Å². The van der Waals surface area contributed by atoms with E-state index in [1.54, 1.807) is 65.2 Å². The lowest BCUT2D eigenvalue weighted by Gasteiger charge is -2.17. The van der Waals surface area contributed by atoms with Crippen LogP contribution < -0.4 is 10.1 Å². The summed E-state index contributed by atoms with van der Waals surface area (Å²) in [6, 6.07) is 15.6. The number of esters is 1. The van der Waals surface area contributed by atoms with Gasteiger partial charge < -0.3 is 15.0 Å². The van der Waals surface area contributed by atoms with Gasteiger partial charge in [0.25, 0.3) is 11.8 Å². The summed E-state index contributed by atoms with van der Waals surface area (Å²) in [6.45, 7) is 5.15. The molecule has 12 nitrogen and oxygen atoms in total. The molecule has 2 amide bonds. The van der Waals surface area contributed by atoms with E-state index in [9.17, 15) is 32.3 Å². The molecule has 0 saturated heterocycles. The van der Waals surface area contributed by atoms with Crippen molar-refractivity contribution in [1.29, 1.82) is 0 Å². The number of carbonyl (C=O) groups is 4. The highest BCUT2D eigenvalue weighted by molar-refractivity contribution is 7.79. The van der Waals surface area contributed by atoms with Crippen LogP contribution in [0.25, 0.3) is 11.3 Å². The fourth-order valence-corrected chi connectivity index (χ4v) is 5.37. The highest BCUT2D eigenvalue weighted by Crippen LogP contribution is 2.33. The smallest absolute Gasteiger partial charge is 0.416 e. The van der Waals surface area contributed by atoms with E-state index in [1.807, 2.05) is 0 Å². The molecule has 4 rings (SSSR count). The van der Waals surface area contributed by atoms with E-state index >= 15 is 0 Å². The fraction of sp³-hybridized carbons (Fsp3) is 0.270. The van der Waals surface area contributed by atoms with Crippen molar-refractivity contribution in [2.45, 2.75) is 52.6 Å². The Morgan fingerprint density at radius 1 is 0.926 bits per heavy atom. The Hall–Kier alpha value is -5.16. The zero-order valence-electron chi connectivity index (χ0n) is 29.7. The number of amides is 2. The number of hydrogen-bond acceptors (Lipinski definition) is 8. The number of halogens is 4. The van der Waals surface area contributed by atoms with Gasteiger partial charge in [-0.15, -0.1) is 0 Å². The Labute approximate surface area is 314 Å². The van der Waals surface area contributed by atoms with Gasteiger partial charge in [0, 0.05) is 43.8 Å². The minimum atomic E-state index is -4.67. The number of rotatable bonds is 11. The van der Waals surface area contributed by atoms with Crippen LogP contribution in [0.3, 0.4) is 0 Å². The first kappa shape index (κ1) is 43.2. The molecule has 54 heavy (non-hydrogen) atoms. The molecule has 4 aromatic rings.